The van der Waals surface area contributed by atoms with Gasteiger partial charge in [-0.15, -0.1) is 42.5 Å². The summed E-state index contributed by atoms with van der Waals surface area (Å²) in [5.41, 5.74) is 6.44. The molecule has 0 heterocycles. The zero-order chi connectivity index (χ0) is 7.94. The van der Waals surface area contributed by atoms with Crippen molar-refractivity contribution < 1.29 is 32.7 Å². The summed E-state index contributed by atoms with van der Waals surface area (Å²) < 4.78 is 0. The second-order valence-electron chi connectivity index (χ2n) is 2.30. The fourth-order valence-corrected chi connectivity index (χ4v) is 0.817. The normalized spacial score (nSPS) is 9.75. The van der Waals surface area contributed by atoms with Gasteiger partial charge in [-0.1, -0.05) is 0 Å². The third-order valence-electron chi connectivity index (χ3n) is 1.36. The van der Waals surface area contributed by atoms with E-state index < -0.39 is 0 Å². The van der Waals surface area contributed by atoms with Crippen LogP contribution in [0.2, 0.25) is 0 Å². The standard InChI is InChI=1S/C10H12N.Y/c11-9-5-4-8-10-6-2-1-3-7-10;/h1-4,6,8H,5,9,11H2;/q-1;/b8-4+;. The average molecular weight is 235 g/mol. The summed E-state index contributed by atoms with van der Waals surface area (Å²) in [5.74, 6) is 0. The molecular weight excluding hydrogens is 223 g/mol. The molecule has 1 nitrogen and oxygen atoms in total. The molecule has 0 aliphatic carbocycles. The maximum Gasteiger partial charge on any atom is 0 e. The largest absolute Gasteiger partial charge is 0.330 e. The van der Waals surface area contributed by atoms with Crippen LogP contribution in [-0.2, 0) is 32.7 Å². The topological polar surface area (TPSA) is 26.0 Å². The van der Waals surface area contributed by atoms with Crippen LogP contribution >= 0.6 is 0 Å². The van der Waals surface area contributed by atoms with Gasteiger partial charge in [-0.05, 0) is 13.0 Å². The predicted octanol–water partition coefficient (Wildman–Crippen LogP) is 1.85. The Balaban J connectivity index is 0.00000121. The van der Waals surface area contributed by atoms with Gasteiger partial charge in [0.2, 0.25) is 0 Å². The van der Waals surface area contributed by atoms with E-state index in [1.807, 2.05) is 30.3 Å². The number of rotatable bonds is 3. The van der Waals surface area contributed by atoms with E-state index in [1.54, 1.807) is 0 Å². The summed E-state index contributed by atoms with van der Waals surface area (Å²) >= 11 is 0. The quantitative estimate of drug-likeness (QED) is 0.795. The van der Waals surface area contributed by atoms with E-state index in [1.165, 1.54) is 0 Å². The Morgan fingerprint density at radius 2 is 2.25 bits per heavy atom. The number of nitrogens with two attached hydrogens (primary N) is 1. The van der Waals surface area contributed by atoms with Crippen LogP contribution in [0.1, 0.15) is 12.0 Å². The average Bonchev–Trinajstić information content (AvgIpc) is 2.07. The summed E-state index contributed by atoms with van der Waals surface area (Å²) in [6.07, 6.45) is 5.03. The van der Waals surface area contributed by atoms with E-state index in [4.69, 9.17) is 5.73 Å². The molecule has 1 radical (unpaired) electrons. The van der Waals surface area contributed by atoms with Gasteiger partial charge in [-0.2, -0.15) is 5.56 Å². The Morgan fingerprint density at radius 1 is 1.42 bits per heavy atom. The Kier molecular flexibility index (Phi) is 7.68. The van der Waals surface area contributed by atoms with E-state index in [9.17, 15) is 0 Å². The first-order valence-corrected chi connectivity index (χ1v) is 3.77. The molecule has 2 heteroatoms. The number of hydrogen-bond acceptors (Lipinski definition) is 1. The summed E-state index contributed by atoms with van der Waals surface area (Å²) in [5, 5.41) is 0. The molecule has 0 amide bonds. The number of benzene rings is 1. The SMILES string of the molecule is NCC/C=C/c1[c-]cccc1.[Y]. The fraction of sp³-hybridized carbons (Fsp3) is 0.200. The molecule has 0 spiro atoms. The minimum Gasteiger partial charge on any atom is -0.330 e. The summed E-state index contributed by atoms with van der Waals surface area (Å²) in [7, 11) is 0. The molecule has 0 bridgehead atoms. The molecule has 0 aliphatic heterocycles. The van der Waals surface area contributed by atoms with E-state index in [2.05, 4.69) is 12.1 Å². The van der Waals surface area contributed by atoms with Crippen LogP contribution in [0.15, 0.2) is 30.3 Å². The molecule has 0 atom stereocenters. The van der Waals surface area contributed by atoms with Crippen molar-refractivity contribution in [1.29, 1.82) is 0 Å². The first-order valence-electron chi connectivity index (χ1n) is 3.77. The molecule has 1 rings (SSSR count). The van der Waals surface area contributed by atoms with Gasteiger partial charge in [0.05, 0.1) is 0 Å². The van der Waals surface area contributed by atoms with Crippen molar-refractivity contribution in [2.75, 3.05) is 6.54 Å². The third-order valence-corrected chi connectivity index (χ3v) is 1.36. The van der Waals surface area contributed by atoms with Gasteiger partial charge in [0.1, 0.15) is 0 Å². The summed E-state index contributed by atoms with van der Waals surface area (Å²) in [4.78, 5) is 0. The minimum absolute atomic E-state index is 0. The van der Waals surface area contributed by atoms with E-state index in [0.717, 1.165) is 12.0 Å². The zero-order valence-corrected chi connectivity index (χ0v) is 9.87. The van der Waals surface area contributed by atoms with Crippen LogP contribution < -0.4 is 5.73 Å². The summed E-state index contributed by atoms with van der Waals surface area (Å²) in [6, 6.07) is 11.0. The molecular formula is C10H12NY-. The van der Waals surface area contributed by atoms with Gasteiger partial charge in [0.25, 0.3) is 0 Å². The Labute approximate surface area is 98.9 Å². The second kappa shape index (κ2) is 7.66. The van der Waals surface area contributed by atoms with E-state index >= 15 is 0 Å². The fourth-order valence-electron chi connectivity index (χ4n) is 0.817. The molecule has 0 saturated carbocycles. The van der Waals surface area contributed by atoms with Gasteiger partial charge in [0.15, 0.2) is 0 Å². The first-order chi connectivity index (χ1) is 5.43. The molecule has 0 saturated heterocycles. The van der Waals surface area contributed by atoms with Gasteiger partial charge in [-0.3, -0.25) is 0 Å². The van der Waals surface area contributed by atoms with Crippen LogP contribution in [0.25, 0.3) is 6.08 Å². The molecule has 1 aromatic rings. The van der Waals surface area contributed by atoms with Crippen molar-refractivity contribution in [1.82, 2.24) is 0 Å². The van der Waals surface area contributed by atoms with Crippen LogP contribution in [0, 0.1) is 6.07 Å². The van der Waals surface area contributed by atoms with Crippen molar-refractivity contribution in [3.8, 4) is 0 Å². The Hall–Kier alpha value is 0.0239. The monoisotopic (exact) mass is 235 g/mol. The number of hydrogen-bond donors (Lipinski definition) is 1. The summed E-state index contributed by atoms with van der Waals surface area (Å²) in [6.45, 7) is 0.712. The third kappa shape index (κ3) is 4.81. The molecule has 0 unspecified atom stereocenters. The van der Waals surface area contributed by atoms with Crippen molar-refractivity contribution in [2.24, 2.45) is 5.73 Å². The van der Waals surface area contributed by atoms with Gasteiger partial charge >= 0.3 is 0 Å². The Morgan fingerprint density at radius 3 is 2.83 bits per heavy atom. The molecule has 0 aliphatic rings. The van der Waals surface area contributed by atoms with Crippen molar-refractivity contribution in [3.63, 3.8) is 0 Å². The zero-order valence-electron chi connectivity index (χ0n) is 7.03. The van der Waals surface area contributed by atoms with E-state index in [-0.39, 0.29) is 32.7 Å². The Bertz CT molecular complexity index is 219. The molecule has 1 aromatic carbocycles. The van der Waals surface area contributed by atoms with Crippen LogP contribution in [0.4, 0.5) is 0 Å². The maximum absolute atomic E-state index is 5.33. The molecule has 2 N–H and O–H groups in total. The molecule has 0 aromatic heterocycles. The van der Waals surface area contributed by atoms with E-state index in [0.29, 0.717) is 6.54 Å². The van der Waals surface area contributed by atoms with Crippen molar-refractivity contribution in [2.45, 2.75) is 6.42 Å². The van der Waals surface area contributed by atoms with Crippen molar-refractivity contribution in [3.05, 3.63) is 42.0 Å². The van der Waals surface area contributed by atoms with Crippen LogP contribution in [0.3, 0.4) is 0 Å². The van der Waals surface area contributed by atoms with Crippen LogP contribution in [0.5, 0.6) is 0 Å². The minimum atomic E-state index is 0. The molecule has 0 fully saturated rings. The van der Waals surface area contributed by atoms with Gasteiger partial charge in [-0.25, -0.2) is 0 Å². The van der Waals surface area contributed by atoms with Gasteiger partial charge in [0, 0.05) is 32.7 Å². The van der Waals surface area contributed by atoms with Crippen molar-refractivity contribution >= 4 is 6.08 Å². The smallest absolute Gasteiger partial charge is 0 e. The van der Waals surface area contributed by atoms with Crippen LogP contribution in [-0.4, -0.2) is 6.54 Å². The molecule has 61 valence electrons. The molecule has 12 heavy (non-hydrogen) atoms. The van der Waals surface area contributed by atoms with Gasteiger partial charge < -0.3 is 5.73 Å². The first kappa shape index (κ1) is 12.0. The predicted molar refractivity (Wildman–Crippen MR) is 48.0 cm³/mol. The second-order valence-corrected chi connectivity index (χ2v) is 2.30. The maximum atomic E-state index is 5.33.